The maximum absolute atomic E-state index is 13.9. The molecule has 2 aromatic rings. The first-order valence-electron chi connectivity index (χ1n) is 9.19. The van der Waals surface area contributed by atoms with Crippen LogP contribution in [-0.4, -0.2) is 36.0 Å². The molecule has 0 fully saturated rings. The maximum Gasteiger partial charge on any atom is 0.471 e. The lowest BCUT2D eigenvalue weighted by Gasteiger charge is -2.21. The van der Waals surface area contributed by atoms with Crippen molar-refractivity contribution < 1.29 is 54.2 Å². The minimum Gasteiger partial charge on any atom is -0.418 e. The predicted octanol–water partition coefficient (Wildman–Crippen LogP) is 3.08. The molecule has 6 nitrogen and oxygen atoms in total. The minimum absolute atomic E-state index is 0.314. The van der Waals surface area contributed by atoms with Crippen molar-refractivity contribution in [3.8, 4) is 5.75 Å². The SMILES string of the molecule is C[C@H](NC(=O)C(F)(F)F)C(=O)N[C@@H](Cc1ccccc1)C(=O)Oc1c(F)c(F)c(F)c(F)c1F. The molecule has 34 heavy (non-hydrogen) atoms. The van der Waals surface area contributed by atoms with Gasteiger partial charge in [-0.15, -0.1) is 0 Å². The molecule has 0 saturated carbocycles. The fourth-order valence-electron chi connectivity index (χ4n) is 2.53. The van der Waals surface area contributed by atoms with Gasteiger partial charge >= 0.3 is 18.1 Å². The molecule has 14 heteroatoms. The number of benzene rings is 2. The largest absolute Gasteiger partial charge is 0.471 e. The fraction of sp³-hybridized carbons (Fsp3) is 0.250. The second kappa shape index (κ2) is 10.5. The molecular weight excluding hydrogens is 484 g/mol. The van der Waals surface area contributed by atoms with Crippen molar-refractivity contribution in [1.29, 1.82) is 0 Å². The molecule has 0 heterocycles. The van der Waals surface area contributed by atoms with Gasteiger partial charge in [0.25, 0.3) is 0 Å². The van der Waals surface area contributed by atoms with E-state index in [4.69, 9.17) is 0 Å². The van der Waals surface area contributed by atoms with Crippen molar-refractivity contribution in [3.63, 3.8) is 0 Å². The third-order valence-corrected chi connectivity index (χ3v) is 4.25. The number of ether oxygens (including phenoxy) is 1. The number of nitrogens with one attached hydrogen (secondary N) is 2. The summed E-state index contributed by atoms with van der Waals surface area (Å²) in [5, 5.41) is 3.25. The van der Waals surface area contributed by atoms with Crippen molar-refractivity contribution >= 4 is 17.8 Å². The number of esters is 1. The first kappa shape index (κ1) is 26.5. The van der Waals surface area contributed by atoms with Gasteiger partial charge in [-0.05, 0) is 12.5 Å². The van der Waals surface area contributed by atoms with Crippen molar-refractivity contribution in [2.24, 2.45) is 0 Å². The van der Waals surface area contributed by atoms with E-state index in [0.29, 0.717) is 5.56 Å². The van der Waals surface area contributed by atoms with Gasteiger partial charge in [0.15, 0.2) is 0 Å². The molecule has 2 amide bonds. The molecule has 0 radical (unpaired) electrons. The van der Waals surface area contributed by atoms with Crippen LogP contribution in [0.25, 0.3) is 0 Å². The Hall–Kier alpha value is -3.71. The van der Waals surface area contributed by atoms with Crippen LogP contribution in [0.3, 0.4) is 0 Å². The van der Waals surface area contributed by atoms with E-state index in [1.54, 1.807) is 6.07 Å². The van der Waals surface area contributed by atoms with Crippen LogP contribution in [0, 0.1) is 29.1 Å². The lowest BCUT2D eigenvalue weighted by atomic mass is 10.1. The van der Waals surface area contributed by atoms with Crippen LogP contribution in [0.2, 0.25) is 0 Å². The first-order valence-corrected chi connectivity index (χ1v) is 9.19. The fourth-order valence-corrected chi connectivity index (χ4v) is 2.53. The molecule has 0 saturated heterocycles. The number of hydrogen-bond donors (Lipinski definition) is 2. The quantitative estimate of drug-likeness (QED) is 0.202. The summed E-state index contributed by atoms with van der Waals surface area (Å²) in [6.45, 7) is 0.841. The second-order valence-electron chi connectivity index (χ2n) is 6.76. The van der Waals surface area contributed by atoms with Crippen molar-refractivity contribution in [3.05, 3.63) is 65.0 Å². The monoisotopic (exact) mass is 498 g/mol. The summed E-state index contributed by atoms with van der Waals surface area (Å²) in [4.78, 5) is 35.7. The Kier molecular flexibility index (Phi) is 8.18. The van der Waals surface area contributed by atoms with E-state index >= 15 is 0 Å². The van der Waals surface area contributed by atoms with E-state index in [1.165, 1.54) is 29.6 Å². The molecule has 2 atom stereocenters. The Bertz CT molecular complexity index is 1060. The highest BCUT2D eigenvalue weighted by molar-refractivity contribution is 5.92. The van der Waals surface area contributed by atoms with Crippen LogP contribution < -0.4 is 15.4 Å². The standard InChI is InChI=1S/C20H14F8N2O4/c1-8(29-19(33)20(26,27)28)17(31)30-10(7-9-5-3-2-4-6-9)18(32)34-16-14(24)12(22)11(21)13(23)15(16)25/h2-6,8,10H,7H2,1H3,(H,29,33)(H,30,31)/t8-,10-/m0/s1. The molecule has 2 aromatic carbocycles. The molecule has 2 N–H and O–H groups in total. The minimum atomic E-state index is -5.32. The number of alkyl halides is 3. The zero-order valence-electron chi connectivity index (χ0n) is 16.9. The summed E-state index contributed by atoms with van der Waals surface area (Å²) < 4.78 is 109. The van der Waals surface area contributed by atoms with Crippen LogP contribution in [0.15, 0.2) is 30.3 Å². The predicted molar refractivity (Wildman–Crippen MR) is 97.6 cm³/mol. The smallest absolute Gasteiger partial charge is 0.418 e. The number of carbonyl (C=O) groups excluding carboxylic acids is 3. The van der Waals surface area contributed by atoms with Gasteiger partial charge in [-0.2, -0.15) is 22.0 Å². The van der Waals surface area contributed by atoms with Crippen LogP contribution in [0.1, 0.15) is 12.5 Å². The molecular formula is C20H14F8N2O4. The Morgan fingerprint density at radius 3 is 1.85 bits per heavy atom. The maximum atomic E-state index is 13.9. The summed E-state index contributed by atoms with van der Waals surface area (Å²) in [5.41, 5.74) is 0.314. The highest BCUT2D eigenvalue weighted by Crippen LogP contribution is 2.29. The van der Waals surface area contributed by atoms with Gasteiger partial charge in [0.1, 0.15) is 12.1 Å². The third-order valence-electron chi connectivity index (χ3n) is 4.25. The van der Waals surface area contributed by atoms with Crippen LogP contribution >= 0.6 is 0 Å². The van der Waals surface area contributed by atoms with Gasteiger partial charge in [0.2, 0.25) is 40.7 Å². The number of carbonyl (C=O) groups is 3. The Morgan fingerprint density at radius 1 is 0.853 bits per heavy atom. The number of amides is 2. The Morgan fingerprint density at radius 2 is 1.35 bits per heavy atom. The molecule has 0 aliphatic rings. The second-order valence-corrected chi connectivity index (χ2v) is 6.76. The first-order chi connectivity index (χ1) is 15.7. The zero-order chi connectivity index (χ0) is 25.8. The van der Waals surface area contributed by atoms with E-state index < -0.39 is 77.3 Å². The van der Waals surface area contributed by atoms with E-state index in [0.717, 1.165) is 6.92 Å². The highest BCUT2D eigenvalue weighted by atomic mass is 19.4. The van der Waals surface area contributed by atoms with E-state index in [9.17, 15) is 49.5 Å². The molecule has 0 spiro atoms. The molecule has 0 bridgehead atoms. The van der Waals surface area contributed by atoms with Gasteiger partial charge in [0.05, 0.1) is 0 Å². The van der Waals surface area contributed by atoms with Gasteiger partial charge < -0.3 is 15.4 Å². The summed E-state index contributed by atoms with van der Waals surface area (Å²) >= 11 is 0. The van der Waals surface area contributed by atoms with Gasteiger partial charge in [-0.25, -0.2) is 18.0 Å². The number of hydrogen-bond acceptors (Lipinski definition) is 4. The van der Waals surface area contributed by atoms with Crippen molar-refractivity contribution in [2.75, 3.05) is 0 Å². The van der Waals surface area contributed by atoms with Crippen molar-refractivity contribution in [1.82, 2.24) is 10.6 Å². The third kappa shape index (κ3) is 6.20. The molecule has 0 aliphatic heterocycles. The summed E-state index contributed by atoms with van der Waals surface area (Å²) in [7, 11) is 0. The average Bonchev–Trinajstić information content (AvgIpc) is 2.78. The van der Waals surface area contributed by atoms with Crippen LogP contribution in [0.4, 0.5) is 35.1 Å². The van der Waals surface area contributed by atoms with Gasteiger partial charge in [0, 0.05) is 6.42 Å². The molecule has 0 unspecified atom stereocenters. The molecule has 0 aliphatic carbocycles. The van der Waals surface area contributed by atoms with Crippen molar-refractivity contribution in [2.45, 2.75) is 31.6 Å². The lowest BCUT2D eigenvalue weighted by Crippen LogP contribution is -2.53. The van der Waals surface area contributed by atoms with Gasteiger partial charge in [-0.1, -0.05) is 30.3 Å². The summed E-state index contributed by atoms with van der Waals surface area (Å²) in [6.07, 6.45) is -5.77. The number of halogens is 8. The topological polar surface area (TPSA) is 84.5 Å². The summed E-state index contributed by atoms with van der Waals surface area (Å²) in [6, 6.07) is 3.72. The lowest BCUT2D eigenvalue weighted by molar-refractivity contribution is -0.174. The van der Waals surface area contributed by atoms with Crippen LogP contribution in [0.5, 0.6) is 5.75 Å². The van der Waals surface area contributed by atoms with Gasteiger partial charge in [-0.3, -0.25) is 9.59 Å². The molecule has 184 valence electrons. The van der Waals surface area contributed by atoms with Crippen LogP contribution in [-0.2, 0) is 20.8 Å². The van der Waals surface area contributed by atoms with E-state index in [2.05, 4.69) is 4.74 Å². The zero-order valence-corrected chi connectivity index (χ0v) is 16.9. The summed E-state index contributed by atoms with van der Waals surface area (Å²) in [5.74, 6) is -19.6. The molecule has 2 rings (SSSR count). The normalized spacial score (nSPS) is 13.1. The van der Waals surface area contributed by atoms with E-state index in [-0.39, 0.29) is 0 Å². The molecule has 0 aromatic heterocycles. The Labute approximate surface area is 185 Å². The average molecular weight is 498 g/mol. The number of rotatable bonds is 7. The Balaban J connectivity index is 2.30. The highest BCUT2D eigenvalue weighted by Gasteiger charge is 2.40. The van der Waals surface area contributed by atoms with E-state index in [1.807, 2.05) is 5.32 Å².